The number of carbonyl (C=O) groups is 3. The average Bonchev–Trinajstić information content (AvgIpc) is 3.43. The van der Waals surface area contributed by atoms with Gasteiger partial charge in [-0.3, -0.25) is 14.7 Å². The number of aliphatic carboxylic acids is 2. The largest absolute Gasteiger partial charge is 0.490 e. The van der Waals surface area contributed by atoms with E-state index in [1.807, 2.05) is 35.5 Å². The first-order chi connectivity index (χ1) is 21.4. The molecule has 1 spiro atoms. The highest BCUT2D eigenvalue weighted by Gasteiger charge is 2.45. The Morgan fingerprint density at radius 3 is 2.00 bits per heavy atom. The Kier molecular flexibility index (Phi) is 11.5. The predicted octanol–water partition coefficient (Wildman–Crippen LogP) is 5.00. The molecule has 2 aliphatic heterocycles. The van der Waals surface area contributed by atoms with Crippen LogP contribution in [0.3, 0.4) is 0 Å². The molecule has 250 valence electrons. The van der Waals surface area contributed by atoms with Crippen molar-refractivity contribution in [2.24, 2.45) is 0 Å². The molecule has 10 nitrogen and oxygen atoms in total. The number of hydrogen-bond acceptors (Lipinski definition) is 6. The molecule has 3 aromatic rings. The fourth-order valence-electron chi connectivity index (χ4n) is 5.26. The second kappa shape index (κ2) is 14.7. The van der Waals surface area contributed by atoms with Crippen molar-refractivity contribution in [1.82, 2.24) is 24.3 Å². The number of rotatable bonds is 4. The zero-order chi connectivity index (χ0) is 34.3. The lowest BCUT2D eigenvalue weighted by molar-refractivity contribution is -0.193. The van der Waals surface area contributed by atoms with Gasteiger partial charge < -0.3 is 19.7 Å². The summed E-state index contributed by atoms with van der Waals surface area (Å²) in [6.45, 7) is 7.87. The number of piperidine rings is 1. The second-order valence-electron chi connectivity index (χ2n) is 11.0. The lowest BCUT2D eigenvalue weighted by Crippen LogP contribution is -2.60. The predicted molar refractivity (Wildman–Crippen MR) is 152 cm³/mol. The van der Waals surface area contributed by atoms with Gasteiger partial charge in [0.15, 0.2) is 0 Å². The summed E-state index contributed by atoms with van der Waals surface area (Å²) in [4.78, 5) is 44.8. The highest BCUT2D eigenvalue weighted by atomic mass is 19.4. The van der Waals surface area contributed by atoms with Crippen molar-refractivity contribution in [2.45, 2.75) is 63.6 Å². The van der Waals surface area contributed by atoms with Gasteiger partial charge in [0.2, 0.25) is 5.91 Å². The number of aromatic nitrogens is 3. The lowest BCUT2D eigenvalue weighted by atomic mass is 9.85. The van der Waals surface area contributed by atoms with Gasteiger partial charge in [0.05, 0.1) is 29.7 Å². The fraction of sp³-hybridized carbons (Fsp3) is 0.433. The van der Waals surface area contributed by atoms with Crippen molar-refractivity contribution in [2.75, 3.05) is 19.6 Å². The molecule has 5 rings (SSSR count). The average molecular weight is 658 g/mol. The molecule has 0 saturated carbocycles. The normalized spacial score (nSPS) is 18.2. The molecular weight excluding hydrogens is 624 g/mol. The monoisotopic (exact) mass is 657 g/mol. The van der Waals surface area contributed by atoms with Crippen LogP contribution in [0.1, 0.15) is 38.1 Å². The molecule has 0 radical (unpaired) electrons. The standard InChI is InChI=1S/C26H31N5O.2C2HF3O2/c1-20(2)30-16-23-25(21-9-4-3-5-10-21)28-19-31(23)26(18-30)12-8-14-29(17-26)24(32)15-22-11-6-7-13-27-22;2*3-2(4,5)1(6)7/h3-7,9-11,13,19-20H,8,12,14-18H2,1-2H3;2*(H,6,7). The van der Waals surface area contributed by atoms with Gasteiger partial charge >= 0.3 is 24.3 Å². The van der Waals surface area contributed by atoms with Gasteiger partial charge in [-0.1, -0.05) is 36.4 Å². The molecule has 16 heteroatoms. The Hall–Kier alpha value is -4.47. The van der Waals surface area contributed by atoms with Crippen molar-refractivity contribution < 1.29 is 50.9 Å². The van der Waals surface area contributed by atoms with Gasteiger partial charge in [0.25, 0.3) is 0 Å². The summed E-state index contributed by atoms with van der Waals surface area (Å²) in [5.41, 5.74) is 4.17. The van der Waals surface area contributed by atoms with Gasteiger partial charge in [-0.2, -0.15) is 26.3 Å². The van der Waals surface area contributed by atoms with E-state index in [0.29, 0.717) is 12.5 Å². The molecule has 1 saturated heterocycles. The third-order valence-electron chi connectivity index (χ3n) is 7.46. The van der Waals surface area contributed by atoms with Crippen LogP contribution in [0, 0.1) is 0 Å². The number of amides is 1. The van der Waals surface area contributed by atoms with Crippen LogP contribution in [0.2, 0.25) is 0 Å². The zero-order valence-electron chi connectivity index (χ0n) is 24.9. The summed E-state index contributed by atoms with van der Waals surface area (Å²) >= 11 is 0. The van der Waals surface area contributed by atoms with E-state index in [-0.39, 0.29) is 11.4 Å². The van der Waals surface area contributed by atoms with Crippen LogP contribution in [0.15, 0.2) is 61.1 Å². The van der Waals surface area contributed by atoms with Crippen molar-refractivity contribution in [1.29, 1.82) is 0 Å². The number of carbonyl (C=O) groups excluding carboxylic acids is 1. The molecule has 0 bridgehead atoms. The van der Waals surface area contributed by atoms with E-state index in [1.54, 1.807) is 6.20 Å². The van der Waals surface area contributed by atoms with Crippen molar-refractivity contribution >= 4 is 17.8 Å². The number of pyridine rings is 1. The van der Waals surface area contributed by atoms with Gasteiger partial charge in [-0.05, 0) is 38.8 Å². The van der Waals surface area contributed by atoms with Crippen molar-refractivity contribution in [3.05, 3.63) is 72.4 Å². The summed E-state index contributed by atoms with van der Waals surface area (Å²) < 4.78 is 65.9. The van der Waals surface area contributed by atoms with E-state index >= 15 is 0 Å². The first kappa shape index (κ1) is 36.0. The van der Waals surface area contributed by atoms with Gasteiger partial charge in [0, 0.05) is 49.7 Å². The maximum absolute atomic E-state index is 13.2. The number of alkyl halides is 6. The van der Waals surface area contributed by atoms with Gasteiger partial charge in [0.1, 0.15) is 0 Å². The molecule has 1 amide bonds. The SMILES string of the molecule is CC(C)N1Cc2c(-c3ccccc3)ncn2C2(CCCN(C(=O)Cc3ccccn3)C2)C1.O=C(O)C(F)(F)F.O=C(O)C(F)(F)F. The van der Waals surface area contributed by atoms with Crippen molar-refractivity contribution in [3.8, 4) is 11.3 Å². The number of halogens is 6. The Balaban J connectivity index is 0.000000345. The highest BCUT2D eigenvalue weighted by molar-refractivity contribution is 5.78. The highest BCUT2D eigenvalue weighted by Crippen LogP contribution is 2.39. The molecule has 1 aromatic carbocycles. The number of fused-ring (bicyclic) bond motifs is 2. The van der Waals surface area contributed by atoms with Gasteiger partial charge in [-0.25, -0.2) is 14.6 Å². The minimum absolute atomic E-state index is 0.143. The molecule has 1 fully saturated rings. The molecule has 0 aliphatic carbocycles. The number of benzene rings is 1. The van der Waals surface area contributed by atoms with E-state index in [1.165, 1.54) is 5.69 Å². The molecule has 2 N–H and O–H groups in total. The molecule has 4 heterocycles. The first-order valence-corrected chi connectivity index (χ1v) is 14.1. The summed E-state index contributed by atoms with van der Waals surface area (Å²) in [5, 5.41) is 14.2. The molecular formula is C30H33F6N5O5. The topological polar surface area (TPSA) is 129 Å². The van der Waals surface area contributed by atoms with Crippen LogP contribution < -0.4 is 0 Å². The van der Waals surface area contributed by atoms with Crippen LogP contribution in [-0.2, 0) is 32.9 Å². The third-order valence-corrected chi connectivity index (χ3v) is 7.46. The minimum Gasteiger partial charge on any atom is -0.475 e. The maximum Gasteiger partial charge on any atom is 0.490 e. The van der Waals surface area contributed by atoms with E-state index < -0.39 is 24.3 Å². The Morgan fingerprint density at radius 2 is 1.48 bits per heavy atom. The Labute approximate surface area is 260 Å². The summed E-state index contributed by atoms with van der Waals surface area (Å²) in [7, 11) is 0. The summed E-state index contributed by atoms with van der Waals surface area (Å²) in [6.07, 6.45) is -3.98. The second-order valence-corrected chi connectivity index (χ2v) is 11.0. The molecule has 46 heavy (non-hydrogen) atoms. The molecule has 2 aliphatic rings. The van der Waals surface area contributed by atoms with E-state index in [0.717, 1.165) is 56.0 Å². The van der Waals surface area contributed by atoms with Gasteiger partial charge in [-0.15, -0.1) is 0 Å². The number of likely N-dealkylation sites (tertiary alicyclic amines) is 1. The maximum atomic E-state index is 13.2. The Bertz CT molecular complexity index is 1460. The zero-order valence-corrected chi connectivity index (χ0v) is 24.9. The summed E-state index contributed by atoms with van der Waals surface area (Å²) in [5.74, 6) is -5.35. The van der Waals surface area contributed by atoms with Crippen LogP contribution >= 0.6 is 0 Å². The molecule has 1 unspecified atom stereocenters. The van der Waals surface area contributed by atoms with Crippen LogP contribution in [0.25, 0.3) is 11.3 Å². The third kappa shape index (κ3) is 9.28. The number of imidazole rings is 1. The molecule has 2 aromatic heterocycles. The number of nitrogens with zero attached hydrogens (tertiary/aromatic N) is 5. The van der Waals surface area contributed by atoms with Crippen molar-refractivity contribution in [3.63, 3.8) is 0 Å². The molecule has 1 atom stereocenters. The quantitative estimate of drug-likeness (QED) is 0.376. The lowest BCUT2D eigenvalue weighted by Gasteiger charge is -2.50. The Morgan fingerprint density at radius 1 is 0.891 bits per heavy atom. The van der Waals surface area contributed by atoms with E-state index in [9.17, 15) is 31.1 Å². The first-order valence-electron chi connectivity index (χ1n) is 14.1. The smallest absolute Gasteiger partial charge is 0.475 e. The fourth-order valence-corrected chi connectivity index (χ4v) is 5.26. The summed E-state index contributed by atoms with van der Waals surface area (Å²) in [6, 6.07) is 16.6. The minimum atomic E-state index is -5.08. The van der Waals surface area contributed by atoms with Crippen LogP contribution in [-0.4, -0.2) is 90.4 Å². The van der Waals surface area contributed by atoms with Crippen LogP contribution in [0.5, 0.6) is 0 Å². The number of carboxylic acids is 2. The number of carboxylic acid groups (broad SMARTS) is 2. The number of hydrogen-bond donors (Lipinski definition) is 2. The van der Waals surface area contributed by atoms with E-state index in [4.69, 9.17) is 24.8 Å². The van der Waals surface area contributed by atoms with E-state index in [2.05, 4.69) is 52.6 Å². The van der Waals surface area contributed by atoms with Crippen LogP contribution in [0.4, 0.5) is 26.3 Å².